The van der Waals surface area contributed by atoms with Gasteiger partial charge in [0.05, 0.1) is 6.61 Å². The van der Waals surface area contributed by atoms with Gasteiger partial charge in [0.15, 0.2) is 0 Å². The Hall–Kier alpha value is -1.51. The molecule has 108 valence electrons. The van der Waals surface area contributed by atoms with Crippen molar-refractivity contribution in [1.29, 1.82) is 0 Å². The number of amides is 1. The van der Waals surface area contributed by atoms with Crippen LogP contribution in [0, 0.1) is 5.92 Å². The van der Waals surface area contributed by atoms with Crippen molar-refractivity contribution in [3.05, 3.63) is 29.3 Å². The Kier molecular flexibility index (Phi) is 3.95. The average Bonchev–Trinajstić information content (AvgIpc) is 3.07. The molecule has 1 heterocycles. The van der Waals surface area contributed by atoms with E-state index in [0.717, 1.165) is 38.2 Å². The standard InChI is InChI=1S/C17H23NO2/c1-2-3-7-17(19)18-11-12-10-15(12)13-5-4-6-16-14(13)8-9-20-16/h4-6,12,15H,2-3,7-11H2,1H3,(H,18,19)/t12-,15+/m0/s1. The predicted octanol–water partition coefficient (Wildman–Crippen LogP) is 3.03. The Morgan fingerprint density at radius 2 is 2.35 bits per heavy atom. The second-order valence-corrected chi connectivity index (χ2v) is 5.93. The molecule has 2 aliphatic rings. The number of unbranched alkanes of at least 4 members (excludes halogenated alkanes) is 1. The molecular formula is C17H23NO2. The van der Waals surface area contributed by atoms with Crippen molar-refractivity contribution in [3.8, 4) is 5.75 Å². The first-order valence-electron chi connectivity index (χ1n) is 7.81. The maximum absolute atomic E-state index is 11.6. The number of ether oxygens (including phenoxy) is 1. The van der Waals surface area contributed by atoms with Crippen LogP contribution in [-0.2, 0) is 11.2 Å². The maximum atomic E-state index is 11.6. The first-order valence-corrected chi connectivity index (χ1v) is 7.81. The topological polar surface area (TPSA) is 38.3 Å². The van der Waals surface area contributed by atoms with Gasteiger partial charge in [0, 0.05) is 24.9 Å². The van der Waals surface area contributed by atoms with E-state index in [-0.39, 0.29) is 5.91 Å². The Balaban J connectivity index is 1.52. The van der Waals surface area contributed by atoms with Crippen LogP contribution < -0.4 is 10.1 Å². The van der Waals surface area contributed by atoms with Gasteiger partial charge < -0.3 is 10.1 Å². The van der Waals surface area contributed by atoms with Crippen molar-refractivity contribution in [2.45, 2.75) is 44.9 Å². The molecule has 1 aromatic carbocycles. The van der Waals surface area contributed by atoms with Gasteiger partial charge in [-0.3, -0.25) is 4.79 Å². The Labute approximate surface area is 120 Å². The van der Waals surface area contributed by atoms with E-state index < -0.39 is 0 Å². The number of rotatable bonds is 6. The minimum absolute atomic E-state index is 0.208. The molecule has 3 nitrogen and oxygen atoms in total. The highest BCUT2D eigenvalue weighted by atomic mass is 16.5. The van der Waals surface area contributed by atoms with Crippen molar-refractivity contribution in [3.63, 3.8) is 0 Å². The molecular weight excluding hydrogens is 250 g/mol. The van der Waals surface area contributed by atoms with Crippen LogP contribution >= 0.6 is 0 Å². The summed E-state index contributed by atoms with van der Waals surface area (Å²) in [7, 11) is 0. The van der Waals surface area contributed by atoms with E-state index in [4.69, 9.17) is 4.74 Å². The molecule has 1 aromatic rings. The Bertz CT molecular complexity index is 498. The molecule has 0 saturated heterocycles. The molecule has 1 aliphatic heterocycles. The van der Waals surface area contributed by atoms with Crippen LogP contribution in [0.2, 0.25) is 0 Å². The van der Waals surface area contributed by atoms with Crippen molar-refractivity contribution in [1.82, 2.24) is 5.32 Å². The molecule has 1 aliphatic carbocycles. The zero-order valence-corrected chi connectivity index (χ0v) is 12.2. The molecule has 1 N–H and O–H groups in total. The summed E-state index contributed by atoms with van der Waals surface area (Å²) in [6.45, 7) is 3.76. The third kappa shape index (κ3) is 2.82. The lowest BCUT2D eigenvalue weighted by molar-refractivity contribution is -0.121. The van der Waals surface area contributed by atoms with Gasteiger partial charge in [0.2, 0.25) is 5.91 Å². The molecule has 0 bridgehead atoms. The highest BCUT2D eigenvalue weighted by Gasteiger charge is 2.40. The van der Waals surface area contributed by atoms with Crippen molar-refractivity contribution in [2.75, 3.05) is 13.2 Å². The summed E-state index contributed by atoms with van der Waals surface area (Å²) in [6.07, 6.45) is 4.98. The van der Waals surface area contributed by atoms with E-state index in [2.05, 4.69) is 30.4 Å². The number of fused-ring (bicyclic) bond motifs is 1. The van der Waals surface area contributed by atoms with E-state index in [1.807, 2.05) is 0 Å². The second-order valence-electron chi connectivity index (χ2n) is 5.93. The third-order valence-electron chi connectivity index (χ3n) is 4.42. The van der Waals surface area contributed by atoms with Gasteiger partial charge in [0.25, 0.3) is 0 Å². The summed E-state index contributed by atoms with van der Waals surface area (Å²) in [4.78, 5) is 11.6. The Morgan fingerprint density at radius 3 is 3.20 bits per heavy atom. The molecule has 0 radical (unpaired) electrons. The molecule has 0 aromatic heterocycles. The lowest BCUT2D eigenvalue weighted by Gasteiger charge is -2.07. The number of hydrogen-bond acceptors (Lipinski definition) is 2. The van der Waals surface area contributed by atoms with E-state index in [1.165, 1.54) is 17.5 Å². The fourth-order valence-corrected chi connectivity index (χ4v) is 3.12. The predicted molar refractivity (Wildman–Crippen MR) is 79.0 cm³/mol. The number of carbonyl (C=O) groups is 1. The molecule has 0 spiro atoms. The molecule has 20 heavy (non-hydrogen) atoms. The first kappa shape index (κ1) is 13.5. The van der Waals surface area contributed by atoms with E-state index in [1.54, 1.807) is 0 Å². The summed E-state index contributed by atoms with van der Waals surface area (Å²) in [6, 6.07) is 6.39. The third-order valence-corrected chi connectivity index (χ3v) is 4.42. The van der Waals surface area contributed by atoms with Crippen LogP contribution in [0.3, 0.4) is 0 Å². The monoisotopic (exact) mass is 273 g/mol. The number of nitrogens with one attached hydrogen (secondary N) is 1. The van der Waals surface area contributed by atoms with Gasteiger partial charge in [-0.25, -0.2) is 0 Å². The smallest absolute Gasteiger partial charge is 0.220 e. The molecule has 3 heteroatoms. The fraction of sp³-hybridized carbons (Fsp3) is 0.588. The van der Waals surface area contributed by atoms with Gasteiger partial charge in [-0.1, -0.05) is 25.5 Å². The summed E-state index contributed by atoms with van der Waals surface area (Å²) < 4.78 is 5.63. The lowest BCUT2D eigenvalue weighted by Crippen LogP contribution is -2.25. The normalized spacial score (nSPS) is 23.1. The van der Waals surface area contributed by atoms with Crippen LogP contribution in [0.25, 0.3) is 0 Å². The first-order chi connectivity index (χ1) is 9.79. The van der Waals surface area contributed by atoms with Gasteiger partial charge in [-0.05, 0) is 36.3 Å². The molecule has 2 atom stereocenters. The van der Waals surface area contributed by atoms with Crippen molar-refractivity contribution < 1.29 is 9.53 Å². The quantitative estimate of drug-likeness (QED) is 0.865. The fourth-order valence-electron chi connectivity index (χ4n) is 3.12. The van der Waals surface area contributed by atoms with E-state index in [0.29, 0.717) is 18.3 Å². The molecule has 0 unspecified atom stereocenters. The average molecular weight is 273 g/mol. The summed E-state index contributed by atoms with van der Waals surface area (Å²) in [5, 5.41) is 3.08. The van der Waals surface area contributed by atoms with Gasteiger partial charge >= 0.3 is 0 Å². The maximum Gasteiger partial charge on any atom is 0.220 e. The van der Waals surface area contributed by atoms with Gasteiger partial charge in [-0.15, -0.1) is 0 Å². The van der Waals surface area contributed by atoms with Crippen LogP contribution in [0.1, 0.15) is 49.7 Å². The van der Waals surface area contributed by atoms with E-state index in [9.17, 15) is 4.79 Å². The van der Waals surface area contributed by atoms with E-state index >= 15 is 0 Å². The lowest BCUT2D eigenvalue weighted by atomic mass is 10.00. The summed E-state index contributed by atoms with van der Waals surface area (Å²) in [5.74, 6) is 2.52. The van der Waals surface area contributed by atoms with Crippen LogP contribution in [0.5, 0.6) is 5.75 Å². The van der Waals surface area contributed by atoms with Crippen molar-refractivity contribution >= 4 is 5.91 Å². The molecule has 3 rings (SSSR count). The van der Waals surface area contributed by atoms with Gasteiger partial charge in [0.1, 0.15) is 5.75 Å². The minimum atomic E-state index is 0.208. The number of carbonyl (C=O) groups excluding carboxylic acids is 1. The Morgan fingerprint density at radius 1 is 1.45 bits per heavy atom. The number of hydrogen-bond donors (Lipinski definition) is 1. The minimum Gasteiger partial charge on any atom is -0.493 e. The SMILES string of the molecule is CCCCC(=O)NC[C@@H]1C[C@H]1c1cccc2c1CCO2. The largest absolute Gasteiger partial charge is 0.493 e. The van der Waals surface area contributed by atoms with Crippen LogP contribution in [0.15, 0.2) is 18.2 Å². The number of benzene rings is 1. The second kappa shape index (κ2) is 5.86. The molecule has 1 amide bonds. The highest BCUT2D eigenvalue weighted by molar-refractivity contribution is 5.75. The molecule has 1 saturated carbocycles. The van der Waals surface area contributed by atoms with Crippen LogP contribution in [0.4, 0.5) is 0 Å². The zero-order chi connectivity index (χ0) is 13.9. The molecule has 1 fully saturated rings. The zero-order valence-electron chi connectivity index (χ0n) is 12.2. The highest BCUT2D eigenvalue weighted by Crippen LogP contribution is 2.50. The van der Waals surface area contributed by atoms with Gasteiger partial charge in [-0.2, -0.15) is 0 Å². The van der Waals surface area contributed by atoms with Crippen molar-refractivity contribution in [2.24, 2.45) is 5.92 Å². The summed E-state index contributed by atoms with van der Waals surface area (Å²) >= 11 is 0. The van der Waals surface area contributed by atoms with Crippen LogP contribution in [-0.4, -0.2) is 19.1 Å². The summed E-state index contributed by atoms with van der Waals surface area (Å²) in [5.41, 5.74) is 2.85.